The molecule has 2 aromatic carbocycles. The number of carbonyl (C=O) groups excluding carboxylic acids is 1. The van der Waals surface area contributed by atoms with E-state index >= 15 is 0 Å². The lowest BCUT2D eigenvalue weighted by Crippen LogP contribution is -2.39. The topological polar surface area (TPSA) is 50.4 Å². The molecule has 1 fully saturated rings. The molecule has 0 spiro atoms. The molecular formula is C19H22N2O2. The average molecular weight is 310 g/mol. The van der Waals surface area contributed by atoms with Crippen LogP contribution in [0.2, 0.25) is 0 Å². The van der Waals surface area contributed by atoms with E-state index < -0.39 is 0 Å². The molecule has 1 amide bonds. The summed E-state index contributed by atoms with van der Waals surface area (Å²) in [5.74, 6) is 0.783. The van der Waals surface area contributed by atoms with Gasteiger partial charge in [0.05, 0.1) is 6.04 Å². The van der Waals surface area contributed by atoms with Crippen LogP contribution < -0.4 is 15.4 Å². The largest absolute Gasteiger partial charge is 0.489 e. The first kappa shape index (κ1) is 15.6. The smallest absolute Gasteiger partial charge is 0.241 e. The number of carbonyl (C=O) groups is 1. The van der Waals surface area contributed by atoms with E-state index in [0.717, 1.165) is 17.0 Å². The second kappa shape index (κ2) is 7.29. The number of ether oxygens (including phenoxy) is 1. The Hall–Kier alpha value is -2.33. The highest BCUT2D eigenvalue weighted by molar-refractivity contribution is 5.94. The number of amides is 1. The number of hydrogen-bond acceptors (Lipinski definition) is 3. The molecule has 4 heteroatoms. The van der Waals surface area contributed by atoms with Crippen molar-refractivity contribution < 1.29 is 9.53 Å². The summed E-state index contributed by atoms with van der Waals surface area (Å²) >= 11 is 0. The number of nitrogens with one attached hydrogen (secondary N) is 2. The van der Waals surface area contributed by atoms with E-state index in [1.165, 1.54) is 12.8 Å². The summed E-state index contributed by atoms with van der Waals surface area (Å²) in [5.41, 5.74) is 1.91. The quantitative estimate of drug-likeness (QED) is 0.824. The number of hydrogen-bond donors (Lipinski definition) is 2. The fourth-order valence-corrected chi connectivity index (χ4v) is 2.31. The van der Waals surface area contributed by atoms with Crippen molar-refractivity contribution in [3.05, 3.63) is 60.2 Å². The molecule has 1 saturated carbocycles. The molecule has 1 atom stereocenters. The minimum Gasteiger partial charge on any atom is -0.489 e. The molecule has 4 nitrogen and oxygen atoms in total. The molecule has 1 unspecified atom stereocenters. The second-order valence-electron chi connectivity index (χ2n) is 5.95. The summed E-state index contributed by atoms with van der Waals surface area (Å²) in [5, 5.41) is 6.21. The number of benzene rings is 2. The number of anilines is 1. The monoisotopic (exact) mass is 310 g/mol. The maximum Gasteiger partial charge on any atom is 0.241 e. The summed E-state index contributed by atoms with van der Waals surface area (Å²) in [6.07, 6.45) is 2.34. The van der Waals surface area contributed by atoms with Gasteiger partial charge in [0.25, 0.3) is 0 Å². The minimum absolute atomic E-state index is 0.00476. The molecule has 1 aliphatic carbocycles. The van der Waals surface area contributed by atoms with Gasteiger partial charge in [-0.2, -0.15) is 0 Å². The van der Waals surface area contributed by atoms with Gasteiger partial charge in [-0.3, -0.25) is 4.79 Å². The van der Waals surface area contributed by atoms with Gasteiger partial charge in [-0.25, -0.2) is 0 Å². The first-order chi connectivity index (χ1) is 11.2. The molecule has 120 valence electrons. The molecule has 23 heavy (non-hydrogen) atoms. The lowest BCUT2D eigenvalue weighted by Gasteiger charge is -2.14. The van der Waals surface area contributed by atoms with Gasteiger partial charge >= 0.3 is 0 Å². The Morgan fingerprint density at radius 3 is 2.48 bits per heavy atom. The van der Waals surface area contributed by atoms with Crippen molar-refractivity contribution in [2.75, 3.05) is 5.32 Å². The molecule has 2 N–H and O–H groups in total. The number of rotatable bonds is 7. The average Bonchev–Trinajstić information content (AvgIpc) is 3.39. The van der Waals surface area contributed by atoms with Crippen molar-refractivity contribution in [3.8, 4) is 5.75 Å². The van der Waals surface area contributed by atoms with Crippen LogP contribution in [0.3, 0.4) is 0 Å². The van der Waals surface area contributed by atoms with Crippen LogP contribution >= 0.6 is 0 Å². The highest BCUT2D eigenvalue weighted by atomic mass is 16.5. The third-order valence-corrected chi connectivity index (χ3v) is 3.83. The molecular weight excluding hydrogens is 288 g/mol. The second-order valence-corrected chi connectivity index (χ2v) is 5.95. The fourth-order valence-electron chi connectivity index (χ4n) is 2.31. The van der Waals surface area contributed by atoms with E-state index in [1.807, 2.05) is 61.5 Å². The van der Waals surface area contributed by atoms with Gasteiger partial charge in [0.2, 0.25) is 5.91 Å². The highest BCUT2D eigenvalue weighted by Crippen LogP contribution is 2.20. The zero-order valence-electron chi connectivity index (χ0n) is 13.3. The van der Waals surface area contributed by atoms with Crippen molar-refractivity contribution in [1.82, 2.24) is 5.32 Å². The molecule has 0 heterocycles. The van der Waals surface area contributed by atoms with Gasteiger partial charge in [-0.05, 0) is 49.6 Å². The maximum absolute atomic E-state index is 12.1. The van der Waals surface area contributed by atoms with E-state index in [2.05, 4.69) is 10.6 Å². The van der Waals surface area contributed by atoms with Gasteiger partial charge in [-0.1, -0.05) is 30.3 Å². The van der Waals surface area contributed by atoms with Crippen molar-refractivity contribution >= 4 is 11.6 Å². The van der Waals surface area contributed by atoms with Gasteiger partial charge in [0.15, 0.2) is 0 Å². The molecule has 3 rings (SSSR count). The summed E-state index contributed by atoms with van der Waals surface area (Å²) in [7, 11) is 0. The summed E-state index contributed by atoms with van der Waals surface area (Å²) in [6, 6.07) is 17.9. The van der Waals surface area contributed by atoms with Crippen LogP contribution in [0.4, 0.5) is 5.69 Å². The molecule has 0 aliphatic heterocycles. The zero-order valence-corrected chi connectivity index (χ0v) is 13.3. The Balaban J connectivity index is 1.49. The standard InChI is InChI=1S/C19H22N2O2/c1-14(20-16-7-8-16)19(22)21-17-9-11-18(12-10-17)23-13-15-5-3-2-4-6-15/h2-6,9-12,14,16,20H,7-8,13H2,1H3,(H,21,22). The van der Waals surface area contributed by atoms with Crippen LogP contribution in [0.5, 0.6) is 5.75 Å². The Kier molecular flexibility index (Phi) is 4.93. The lowest BCUT2D eigenvalue weighted by atomic mass is 10.2. The fraction of sp³-hybridized carbons (Fsp3) is 0.316. The van der Waals surface area contributed by atoms with E-state index in [-0.39, 0.29) is 11.9 Å². The molecule has 0 radical (unpaired) electrons. The third-order valence-electron chi connectivity index (χ3n) is 3.83. The van der Waals surface area contributed by atoms with Crippen molar-refractivity contribution in [1.29, 1.82) is 0 Å². The van der Waals surface area contributed by atoms with Crippen LogP contribution in [0.1, 0.15) is 25.3 Å². The summed E-state index contributed by atoms with van der Waals surface area (Å²) < 4.78 is 5.74. The summed E-state index contributed by atoms with van der Waals surface area (Å²) in [4.78, 5) is 12.1. The van der Waals surface area contributed by atoms with Gasteiger partial charge in [0, 0.05) is 11.7 Å². The van der Waals surface area contributed by atoms with Crippen LogP contribution in [0, 0.1) is 0 Å². The van der Waals surface area contributed by atoms with Crippen LogP contribution in [-0.2, 0) is 11.4 Å². The highest BCUT2D eigenvalue weighted by Gasteiger charge is 2.25. The van der Waals surface area contributed by atoms with Gasteiger partial charge < -0.3 is 15.4 Å². The minimum atomic E-state index is -0.170. The molecule has 0 bridgehead atoms. The van der Waals surface area contributed by atoms with E-state index in [9.17, 15) is 4.79 Å². The SMILES string of the molecule is CC(NC1CC1)C(=O)Nc1ccc(OCc2ccccc2)cc1. The lowest BCUT2D eigenvalue weighted by molar-refractivity contribution is -0.117. The third kappa shape index (κ3) is 4.83. The predicted molar refractivity (Wildman–Crippen MR) is 91.5 cm³/mol. The zero-order chi connectivity index (χ0) is 16.1. The molecule has 2 aromatic rings. The maximum atomic E-state index is 12.1. The van der Waals surface area contributed by atoms with Crippen molar-refractivity contribution in [3.63, 3.8) is 0 Å². The molecule has 0 saturated heterocycles. The van der Waals surface area contributed by atoms with Crippen LogP contribution in [0.15, 0.2) is 54.6 Å². The van der Waals surface area contributed by atoms with Crippen LogP contribution in [0.25, 0.3) is 0 Å². The normalized spacial score (nSPS) is 15.0. The summed E-state index contributed by atoms with van der Waals surface area (Å²) in [6.45, 7) is 2.43. The Morgan fingerprint density at radius 1 is 1.13 bits per heavy atom. The van der Waals surface area contributed by atoms with E-state index in [1.54, 1.807) is 0 Å². The van der Waals surface area contributed by atoms with Gasteiger partial charge in [-0.15, -0.1) is 0 Å². The first-order valence-electron chi connectivity index (χ1n) is 8.04. The van der Waals surface area contributed by atoms with Crippen LogP contribution in [-0.4, -0.2) is 18.0 Å². The first-order valence-corrected chi connectivity index (χ1v) is 8.04. The Bertz CT molecular complexity index is 636. The Morgan fingerprint density at radius 2 is 1.83 bits per heavy atom. The van der Waals surface area contributed by atoms with Gasteiger partial charge in [0.1, 0.15) is 12.4 Å². The van der Waals surface area contributed by atoms with Crippen molar-refractivity contribution in [2.24, 2.45) is 0 Å². The molecule has 1 aliphatic rings. The van der Waals surface area contributed by atoms with E-state index in [0.29, 0.717) is 12.6 Å². The predicted octanol–water partition coefficient (Wildman–Crippen LogP) is 3.34. The van der Waals surface area contributed by atoms with Crippen molar-refractivity contribution in [2.45, 2.75) is 38.5 Å². The molecule has 0 aromatic heterocycles. The Labute approximate surface area is 136 Å². The van der Waals surface area contributed by atoms with E-state index in [4.69, 9.17) is 4.74 Å².